The van der Waals surface area contributed by atoms with Gasteiger partial charge in [0.05, 0.1) is 6.42 Å². The summed E-state index contributed by atoms with van der Waals surface area (Å²) < 4.78 is 5.15. The van der Waals surface area contributed by atoms with E-state index >= 15 is 0 Å². The molecule has 2 N–H and O–H groups in total. The van der Waals surface area contributed by atoms with E-state index in [-0.39, 0.29) is 18.1 Å². The molecule has 0 aliphatic rings. The number of rotatable bonds is 6. The van der Waals surface area contributed by atoms with Gasteiger partial charge in [0, 0.05) is 5.69 Å². The Morgan fingerprint density at radius 3 is 2.21 bits per heavy atom. The van der Waals surface area contributed by atoms with Gasteiger partial charge in [-0.25, -0.2) is 0 Å². The molecule has 0 bridgehead atoms. The molecule has 5 heteroatoms. The van der Waals surface area contributed by atoms with Gasteiger partial charge in [0.1, 0.15) is 5.75 Å². The van der Waals surface area contributed by atoms with Gasteiger partial charge in [-0.1, -0.05) is 31.2 Å². The molecule has 0 aromatic heterocycles. The molecule has 0 spiro atoms. The number of ether oxygens (including phenoxy) is 1. The highest BCUT2D eigenvalue weighted by atomic mass is 16.5. The fraction of sp³-hybridized carbons (Fsp3) is 0.263. The van der Waals surface area contributed by atoms with E-state index in [0.29, 0.717) is 11.3 Å². The van der Waals surface area contributed by atoms with Crippen molar-refractivity contribution in [3.8, 4) is 5.75 Å². The summed E-state index contributed by atoms with van der Waals surface area (Å²) in [6, 6.07) is 13.8. The maximum Gasteiger partial charge on any atom is 0.311 e. The molecule has 1 atom stereocenters. The third kappa shape index (κ3) is 5.12. The molecule has 0 saturated carbocycles. The number of nitrogens with one attached hydrogen (secondary N) is 1. The van der Waals surface area contributed by atoms with E-state index in [1.807, 2.05) is 24.3 Å². The van der Waals surface area contributed by atoms with Crippen LogP contribution in [0.25, 0.3) is 0 Å². The zero-order chi connectivity index (χ0) is 17.5. The maximum absolute atomic E-state index is 12.1. The van der Waals surface area contributed by atoms with Crippen LogP contribution in [0, 0.1) is 0 Å². The van der Waals surface area contributed by atoms with Crippen LogP contribution in [0.15, 0.2) is 48.5 Å². The third-order valence-corrected chi connectivity index (χ3v) is 3.59. The van der Waals surface area contributed by atoms with Crippen LogP contribution >= 0.6 is 0 Å². The van der Waals surface area contributed by atoms with Crippen molar-refractivity contribution in [1.82, 2.24) is 0 Å². The van der Waals surface area contributed by atoms with E-state index in [9.17, 15) is 14.7 Å². The number of amides is 1. The van der Waals surface area contributed by atoms with Crippen LogP contribution in [-0.2, 0) is 27.2 Å². The number of hydrogen-bond donors (Lipinski definition) is 2. The first-order valence-electron chi connectivity index (χ1n) is 7.85. The first-order chi connectivity index (χ1) is 11.5. The Labute approximate surface area is 141 Å². The zero-order valence-corrected chi connectivity index (χ0v) is 13.8. The molecule has 0 aliphatic heterocycles. The summed E-state index contributed by atoms with van der Waals surface area (Å²) in [5, 5.41) is 11.9. The number of hydrogen-bond acceptors (Lipinski definition) is 4. The summed E-state index contributed by atoms with van der Waals surface area (Å²) >= 11 is 0. The highest BCUT2D eigenvalue weighted by Crippen LogP contribution is 2.12. The van der Waals surface area contributed by atoms with E-state index in [1.165, 1.54) is 24.6 Å². The largest absolute Gasteiger partial charge is 0.508 e. The fourth-order valence-electron chi connectivity index (χ4n) is 2.14. The number of aromatic hydroxyl groups is 1. The number of aryl methyl sites for hydroxylation is 1. The van der Waals surface area contributed by atoms with Gasteiger partial charge >= 0.3 is 5.97 Å². The van der Waals surface area contributed by atoms with Crippen molar-refractivity contribution in [1.29, 1.82) is 0 Å². The summed E-state index contributed by atoms with van der Waals surface area (Å²) in [4.78, 5) is 24.0. The molecule has 2 aromatic carbocycles. The number of benzene rings is 2. The minimum absolute atomic E-state index is 0.0447. The molecule has 0 saturated heterocycles. The second-order valence-electron chi connectivity index (χ2n) is 5.52. The van der Waals surface area contributed by atoms with Crippen LogP contribution in [0.2, 0.25) is 0 Å². The second-order valence-corrected chi connectivity index (χ2v) is 5.52. The number of carbonyl (C=O) groups is 2. The van der Waals surface area contributed by atoms with E-state index in [1.54, 1.807) is 12.1 Å². The number of phenolic OH excluding ortho intramolecular Hbond substituents is 1. The summed E-state index contributed by atoms with van der Waals surface area (Å²) in [7, 11) is 0. The van der Waals surface area contributed by atoms with Gasteiger partial charge < -0.3 is 15.2 Å². The lowest BCUT2D eigenvalue weighted by molar-refractivity contribution is -0.152. The Morgan fingerprint density at radius 1 is 1.04 bits per heavy atom. The number of carbonyl (C=O) groups excluding carboxylic acids is 2. The first kappa shape index (κ1) is 17.5. The monoisotopic (exact) mass is 327 g/mol. The third-order valence-electron chi connectivity index (χ3n) is 3.59. The van der Waals surface area contributed by atoms with E-state index in [0.717, 1.165) is 6.42 Å². The van der Waals surface area contributed by atoms with Crippen LogP contribution in [0.3, 0.4) is 0 Å². The quantitative estimate of drug-likeness (QED) is 0.800. The average molecular weight is 327 g/mol. The average Bonchev–Trinajstić information content (AvgIpc) is 2.57. The number of anilines is 1. The molecule has 2 rings (SSSR count). The lowest BCUT2D eigenvalue weighted by Crippen LogP contribution is -2.30. The summed E-state index contributed by atoms with van der Waals surface area (Å²) in [5.74, 6) is -0.739. The molecule has 1 amide bonds. The molecule has 0 radical (unpaired) electrons. The predicted octanol–water partition coefficient (Wildman–Crippen LogP) is 3.07. The van der Waals surface area contributed by atoms with Crippen molar-refractivity contribution in [3.63, 3.8) is 0 Å². The maximum atomic E-state index is 12.1. The van der Waals surface area contributed by atoms with Crippen molar-refractivity contribution in [2.75, 3.05) is 5.32 Å². The molecule has 24 heavy (non-hydrogen) atoms. The van der Waals surface area contributed by atoms with Gasteiger partial charge in [-0.15, -0.1) is 0 Å². The highest BCUT2D eigenvalue weighted by Gasteiger charge is 2.18. The van der Waals surface area contributed by atoms with E-state index < -0.39 is 12.1 Å². The Morgan fingerprint density at radius 2 is 1.62 bits per heavy atom. The van der Waals surface area contributed by atoms with Crippen LogP contribution in [0.5, 0.6) is 5.75 Å². The minimum atomic E-state index is -0.888. The molecule has 126 valence electrons. The van der Waals surface area contributed by atoms with E-state index in [2.05, 4.69) is 12.2 Å². The molecule has 2 aromatic rings. The van der Waals surface area contributed by atoms with Crippen molar-refractivity contribution < 1.29 is 19.4 Å². The van der Waals surface area contributed by atoms with Gasteiger partial charge in [0.2, 0.25) is 0 Å². The van der Waals surface area contributed by atoms with Crippen LogP contribution < -0.4 is 5.32 Å². The molecule has 0 fully saturated rings. The van der Waals surface area contributed by atoms with Crippen molar-refractivity contribution >= 4 is 17.6 Å². The predicted molar refractivity (Wildman–Crippen MR) is 91.8 cm³/mol. The summed E-state index contributed by atoms with van der Waals surface area (Å²) in [6.07, 6.45) is 0.0863. The molecule has 0 aliphatic carbocycles. The van der Waals surface area contributed by atoms with Gasteiger partial charge in [0.15, 0.2) is 6.10 Å². The Kier molecular flexibility index (Phi) is 5.95. The number of phenols is 1. The van der Waals surface area contributed by atoms with Gasteiger partial charge in [-0.05, 0) is 48.7 Å². The molecule has 5 nitrogen and oxygen atoms in total. The summed E-state index contributed by atoms with van der Waals surface area (Å²) in [5.41, 5.74) is 2.56. The zero-order valence-electron chi connectivity index (χ0n) is 13.8. The first-order valence-corrected chi connectivity index (χ1v) is 7.85. The van der Waals surface area contributed by atoms with Gasteiger partial charge in [0.25, 0.3) is 5.91 Å². The van der Waals surface area contributed by atoms with E-state index in [4.69, 9.17) is 4.74 Å². The standard InChI is InChI=1S/C19H21NO4/c1-3-14-4-8-16(9-5-14)20-19(23)13(2)24-18(22)12-15-6-10-17(21)11-7-15/h4-11,13,21H,3,12H2,1-2H3,(H,20,23)/t13-/m1/s1. The highest BCUT2D eigenvalue weighted by molar-refractivity contribution is 5.95. The lowest BCUT2D eigenvalue weighted by Gasteiger charge is -2.14. The topological polar surface area (TPSA) is 75.6 Å². The van der Waals surface area contributed by atoms with Crippen molar-refractivity contribution in [2.24, 2.45) is 0 Å². The Hall–Kier alpha value is -2.82. The normalized spacial score (nSPS) is 11.6. The number of esters is 1. The molecule has 0 heterocycles. The van der Waals surface area contributed by atoms with Crippen LogP contribution in [0.4, 0.5) is 5.69 Å². The second kappa shape index (κ2) is 8.15. The fourth-order valence-corrected chi connectivity index (χ4v) is 2.14. The lowest BCUT2D eigenvalue weighted by atomic mass is 10.1. The SMILES string of the molecule is CCc1ccc(NC(=O)[C@@H](C)OC(=O)Cc2ccc(O)cc2)cc1. The van der Waals surface area contributed by atoms with Crippen LogP contribution in [0.1, 0.15) is 25.0 Å². The molecular formula is C19H21NO4. The Balaban J connectivity index is 1.85. The summed E-state index contributed by atoms with van der Waals surface area (Å²) in [6.45, 7) is 3.59. The van der Waals surface area contributed by atoms with Crippen molar-refractivity contribution in [2.45, 2.75) is 32.8 Å². The van der Waals surface area contributed by atoms with Gasteiger partial charge in [-0.3, -0.25) is 9.59 Å². The smallest absolute Gasteiger partial charge is 0.311 e. The minimum Gasteiger partial charge on any atom is -0.508 e. The van der Waals surface area contributed by atoms with Gasteiger partial charge in [-0.2, -0.15) is 0 Å². The van der Waals surface area contributed by atoms with Crippen molar-refractivity contribution in [3.05, 3.63) is 59.7 Å². The van der Waals surface area contributed by atoms with Crippen LogP contribution in [-0.4, -0.2) is 23.1 Å². The molecule has 0 unspecified atom stereocenters. The molecular weight excluding hydrogens is 306 g/mol. The Bertz CT molecular complexity index is 692.